The lowest BCUT2D eigenvalue weighted by Crippen LogP contribution is -2.37. The summed E-state index contributed by atoms with van der Waals surface area (Å²) < 4.78 is 90.3. The molecule has 1 heterocycles. The second-order valence-electron chi connectivity index (χ2n) is 7.67. The van der Waals surface area contributed by atoms with Crippen LogP contribution in [0.4, 0.5) is 32.0 Å². The van der Waals surface area contributed by atoms with Crippen molar-refractivity contribution in [1.82, 2.24) is 0 Å². The standard InChI is InChI=1S/C20H18BF6NO5S/c1-19(20(25,26)27)8-13(12-3-4-14(23)15(24)16(12)32-2)17(34-19)18(29)28-10-5-9(22)6-11(7-10)33-21(30)31/h3-7,13,17,30-31H,8H2,1-2H3,(H,28,29). The minimum Gasteiger partial charge on any atom is -0.512 e. The van der Waals surface area contributed by atoms with Gasteiger partial charge in [-0.15, -0.1) is 11.8 Å². The molecule has 0 radical (unpaired) electrons. The van der Waals surface area contributed by atoms with Gasteiger partial charge in [0, 0.05) is 29.3 Å². The highest BCUT2D eigenvalue weighted by Gasteiger charge is 2.60. The molecule has 0 aliphatic carbocycles. The molecule has 0 bridgehead atoms. The van der Waals surface area contributed by atoms with Crippen LogP contribution in [0.5, 0.6) is 11.5 Å². The average molecular weight is 509 g/mol. The number of ether oxygens (including phenoxy) is 1. The molecule has 184 valence electrons. The highest BCUT2D eigenvalue weighted by Crippen LogP contribution is 2.59. The van der Waals surface area contributed by atoms with E-state index in [4.69, 9.17) is 14.8 Å². The topological polar surface area (TPSA) is 88.0 Å². The Morgan fingerprint density at radius 2 is 1.88 bits per heavy atom. The number of alkyl halides is 3. The summed E-state index contributed by atoms with van der Waals surface area (Å²) in [4.78, 5) is 13.0. The van der Waals surface area contributed by atoms with Gasteiger partial charge in [-0.2, -0.15) is 17.6 Å². The number of carbonyl (C=O) groups excluding carboxylic acids is 1. The molecular formula is C20H18BF6NO5S. The van der Waals surface area contributed by atoms with E-state index in [1.165, 1.54) is 0 Å². The first-order valence-electron chi connectivity index (χ1n) is 9.66. The quantitative estimate of drug-likeness (QED) is 0.403. The van der Waals surface area contributed by atoms with Gasteiger partial charge in [0.2, 0.25) is 11.7 Å². The second kappa shape index (κ2) is 9.58. The Labute approximate surface area is 194 Å². The van der Waals surface area contributed by atoms with E-state index in [1.807, 2.05) is 0 Å². The Bertz CT molecular complexity index is 1090. The number of halogens is 6. The number of hydrogen-bond acceptors (Lipinski definition) is 6. The molecule has 3 N–H and O–H groups in total. The number of amides is 1. The molecule has 1 saturated heterocycles. The largest absolute Gasteiger partial charge is 0.707 e. The predicted molar refractivity (Wildman–Crippen MR) is 112 cm³/mol. The molecule has 2 aromatic rings. The lowest BCUT2D eigenvalue weighted by Gasteiger charge is -2.26. The second-order valence-corrected chi connectivity index (χ2v) is 9.32. The highest BCUT2D eigenvalue weighted by atomic mass is 32.2. The monoisotopic (exact) mass is 509 g/mol. The molecule has 0 saturated carbocycles. The van der Waals surface area contributed by atoms with Crippen molar-refractivity contribution < 1.29 is 50.6 Å². The summed E-state index contributed by atoms with van der Waals surface area (Å²) in [5, 5.41) is 18.6. The van der Waals surface area contributed by atoms with Crippen LogP contribution < -0.4 is 14.7 Å². The van der Waals surface area contributed by atoms with Gasteiger partial charge < -0.3 is 24.8 Å². The maximum Gasteiger partial charge on any atom is 0.707 e. The molecule has 3 atom stereocenters. The Kier molecular flexibility index (Phi) is 7.34. The molecule has 6 nitrogen and oxygen atoms in total. The van der Waals surface area contributed by atoms with E-state index in [0.29, 0.717) is 0 Å². The molecular weight excluding hydrogens is 491 g/mol. The molecule has 3 unspecified atom stereocenters. The van der Waals surface area contributed by atoms with Crippen molar-refractivity contribution in [2.75, 3.05) is 12.4 Å². The van der Waals surface area contributed by atoms with E-state index in [2.05, 4.69) is 9.97 Å². The SMILES string of the molecule is COc1c(C2CC(C)(C(F)(F)F)SC2C(=O)Nc2cc(F)cc(OB(O)O)c2)ccc(F)c1F. The molecule has 14 heteroatoms. The molecule has 0 aromatic heterocycles. The number of methoxy groups -OCH3 is 1. The minimum absolute atomic E-state index is 0.131. The number of anilines is 1. The van der Waals surface area contributed by atoms with Crippen LogP contribution in [0.2, 0.25) is 0 Å². The van der Waals surface area contributed by atoms with Gasteiger partial charge in [-0.1, -0.05) is 6.07 Å². The lowest BCUT2D eigenvalue weighted by molar-refractivity contribution is -0.155. The van der Waals surface area contributed by atoms with Crippen LogP contribution in [-0.2, 0) is 4.79 Å². The van der Waals surface area contributed by atoms with E-state index in [-0.39, 0.29) is 28.8 Å². The van der Waals surface area contributed by atoms with Gasteiger partial charge in [-0.25, -0.2) is 8.78 Å². The van der Waals surface area contributed by atoms with Gasteiger partial charge in [0.25, 0.3) is 0 Å². The van der Waals surface area contributed by atoms with Crippen molar-refractivity contribution in [3.63, 3.8) is 0 Å². The van der Waals surface area contributed by atoms with Crippen molar-refractivity contribution in [3.8, 4) is 11.5 Å². The van der Waals surface area contributed by atoms with E-state index in [0.717, 1.165) is 44.4 Å². The Morgan fingerprint density at radius 3 is 2.47 bits per heavy atom. The van der Waals surface area contributed by atoms with Crippen molar-refractivity contribution in [1.29, 1.82) is 0 Å². The van der Waals surface area contributed by atoms with Crippen LogP contribution in [0.1, 0.15) is 24.8 Å². The lowest BCUT2D eigenvalue weighted by atomic mass is 9.85. The first kappa shape index (κ1) is 26.0. The number of nitrogens with one attached hydrogen (secondary N) is 1. The Hall–Kier alpha value is -2.58. The summed E-state index contributed by atoms with van der Waals surface area (Å²) in [5.41, 5.74) is -0.369. The Balaban J connectivity index is 2.00. The molecule has 0 spiro atoms. The van der Waals surface area contributed by atoms with Gasteiger partial charge in [0.05, 0.1) is 12.4 Å². The summed E-state index contributed by atoms with van der Waals surface area (Å²) in [6.07, 6.45) is -5.39. The van der Waals surface area contributed by atoms with Crippen molar-refractivity contribution in [2.45, 2.75) is 35.4 Å². The number of carbonyl (C=O) groups is 1. The third kappa shape index (κ3) is 5.23. The zero-order chi connectivity index (χ0) is 25.4. The third-order valence-electron chi connectivity index (χ3n) is 5.28. The fraction of sp³-hybridized carbons (Fsp3) is 0.350. The van der Waals surface area contributed by atoms with Gasteiger partial charge in [-0.3, -0.25) is 4.79 Å². The maximum atomic E-state index is 14.3. The highest BCUT2D eigenvalue weighted by molar-refractivity contribution is 8.02. The van der Waals surface area contributed by atoms with E-state index in [1.54, 1.807) is 0 Å². The van der Waals surface area contributed by atoms with Crippen molar-refractivity contribution in [3.05, 3.63) is 53.3 Å². The summed E-state index contributed by atoms with van der Waals surface area (Å²) >= 11 is 0.285. The summed E-state index contributed by atoms with van der Waals surface area (Å²) in [6.45, 7) is 0.890. The first-order valence-corrected chi connectivity index (χ1v) is 10.5. The molecule has 3 rings (SSSR count). The fourth-order valence-electron chi connectivity index (χ4n) is 3.71. The summed E-state index contributed by atoms with van der Waals surface area (Å²) in [7, 11) is -1.26. The summed E-state index contributed by atoms with van der Waals surface area (Å²) in [5.74, 6) is -6.83. The smallest absolute Gasteiger partial charge is 0.512 e. The number of hydrogen-bond donors (Lipinski definition) is 3. The number of thioether (sulfide) groups is 1. The molecule has 34 heavy (non-hydrogen) atoms. The number of rotatable bonds is 6. The normalized spacial score (nSPS) is 22.4. The van der Waals surface area contributed by atoms with E-state index >= 15 is 0 Å². The maximum absolute atomic E-state index is 14.3. The van der Waals surface area contributed by atoms with Crippen LogP contribution in [0.25, 0.3) is 0 Å². The predicted octanol–water partition coefficient (Wildman–Crippen LogP) is 4.01. The van der Waals surface area contributed by atoms with Gasteiger partial charge in [0.15, 0.2) is 11.6 Å². The van der Waals surface area contributed by atoms with Crippen LogP contribution in [-0.4, -0.2) is 46.6 Å². The molecule has 1 fully saturated rings. The van der Waals surface area contributed by atoms with E-state index in [9.17, 15) is 31.1 Å². The zero-order valence-electron chi connectivity index (χ0n) is 17.6. The van der Waals surface area contributed by atoms with Crippen LogP contribution in [0.3, 0.4) is 0 Å². The molecule has 2 aromatic carbocycles. The average Bonchev–Trinajstić information content (AvgIpc) is 3.08. The molecule has 1 aliphatic heterocycles. The zero-order valence-corrected chi connectivity index (χ0v) is 18.4. The number of benzene rings is 2. The van der Waals surface area contributed by atoms with Crippen LogP contribution >= 0.6 is 11.8 Å². The minimum atomic E-state index is -4.74. The first-order chi connectivity index (χ1) is 15.8. The van der Waals surface area contributed by atoms with Crippen molar-refractivity contribution >= 4 is 30.7 Å². The van der Waals surface area contributed by atoms with Crippen LogP contribution in [0.15, 0.2) is 30.3 Å². The molecule has 1 amide bonds. The van der Waals surface area contributed by atoms with Crippen LogP contribution in [0, 0.1) is 17.5 Å². The third-order valence-corrected chi connectivity index (χ3v) is 7.00. The van der Waals surface area contributed by atoms with E-state index < -0.39 is 64.9 Å². The molecule has 1 aliphatic rings. The van der Waals surface area contributed by atoms with Gasteiger partial charge >= 0.3 is 13.5 Å². The fourth-order valence-corrected chi connectivity index (χ4v) is 5.26. The summed E-state index contributed by atoms with van der Waals surface area (Å²) in [6, 6.07) is 4.43. The van der Waals surface area contributed by atoms with Gasteiger partial charge in [0.1, 0.15) is 16.3 Å². The van der Waals surface area contributed by atoms with Gasteiger partial charge in [-0.05, 0) is 25.5 Å². The van der Waals surface area contributed by atoms with Crippen molar-refractivity contribution in [2.24, 2.45) is 0 Å². The Morgan fingerprint density at radius 1 is 1.21 bits per heavy atom.